The number of para-hydroxylation sites is 1. The standard InChI is InChI=1S/2C47H29N2OP.C43H27N2OP/c50-51(37-23-20-30-10-1-3-13-33(30)26-37,38-24-21-31-11-2-4-14-34(31)27-38)44-19-9-18-42-46(44)49-43-29-36-16-6-5-15-35(36)28-41(43)40-25-22-32-12-7-8-17-39(32)45(40)47(49)48-42;50-51(44-21-9-16-30-11-3-6-18-36(30)44,45-22-10-17-31-12-4-7-19-37(31)45)35-24-26-41-43(29-35)49-42-28-34-15-2-1-14-33(34)27-40(42)39-25-23-32-13-5-8-20-38(32)46(39)47(49)48-41;46-47(33-15-2-1-3-16-33,34-20-18-28-10-4-5-12-30(28)24-34)35-21-23-40-39(27-35)44-43-42-36-17-9-8-11-29(36)19-22-37(42)38-25-31-13-6-7-14-32(31)26-41(38)45(40)43/h2*1-29H;1-27H. The fourth-order valence-electron chi connectivity index (χ4n) is 24.2. The topological polar surface area (TPSA) is 103 Å². The fourth-order valence-corrected chi connectivity index (χ4v) is 32.9. The second kappa shape index (κ2) is 33.6. The molecule has 1 unspecified atom stereocenters. The highest BCUT2D eigenvalue weighted by Crippen LogP contribution is 2.52. The van der Waals surface area contributed by atoms with Crippen molar-refractivity contribution in [3.8, 4) is 0 Å². The molecule has 1 atom stereocenters. The van der Waals surface area contributed by atoms with Crippen LogP contribution in [0, 0.1) is 0 Å². The van der Waals surface area contributed by atoms with E-state index >= 15 is 13.7 Å². The van der Waals surface area contributed by atoms with Crippen LogP contribution in [-0.4, -0.2) is 28.2 Å². The highest BCUT2D eigenvalue weighted by molar-refractivity contribution is 7.86. The van der Waals surface area contributed by atoms with Gasteiger partial charge in [-0.15, -0.1) is 0 Å². The summed E-state index contributed by atoms with van der Waals surface area (Å²) in [5.41, 5.74) is 11.3. The Labute approximate surface area is 853 Å². The number of imidazole rings is 3. The van der Waals surface area contributed by atoms with E-state index in [0.29, 0.717) is 0 Å². The minimum absolute atomic E-state index is 0.777. The minimum Gasteiger partial charge on any atom is -0.309 e. The molecule has 6 aromatic heterocycles. The van der Waals surface area contributed by atoms with Gasteiger partial charge < -0.3 is 13.7 Å². The minimum atomic E-state index is -3.50. The van der Waals surface area contributed by atoms with Gasteiger partial charge in [0, 0.05) is 80.1 Å². The zero-order chi connectivity index (χ0) is 98.5. The van der Waals surface area contributed by atoms with E-state index in [1.54, 1.807) is 0 Å². The second-order valence-electron chi connectivity index (χ2n) is 39.3. The van der Waals surface area contributed by atoms with E-state index in [-0.39, 0.29) is 0 Å². The molecule has 0 fully saturated rings. The molecule has 0 bridgehead atoms. The summed E-state index contributed by atoms with van der Waals surface area (Å²) in [5.74, 6) is 0. The molecule has 0 aliphatic rings. The number of aromatic nitrogens is 6. The molecule has 0 spiro atoms. The van der Waals surface area contributed by atoms with Crippen molar-refractivity contribution in [1.29, 1.82) is 0 Å². The number of hydrogen-bond acceptors (Lipinski definition) is 6. The molecule has 0 aliphatic heterocycles. The maximum Gasteiger partial charge on any atom is 0.173 e. The first-order chi connectivity index (χ1) is 73.5. The van der Waals surface area contributed by atoms with Crippen LogP contribution in [0.2, 0.25) is 0 Å². The summed E-state index contributed by atoms with van der Waals surface area (Å²) < 4.78 is 55.7. The summed E-state index contributed by atoms with van der Waals surface area (Å²) in [6, 6.07) is 180. The normalized spacial score (nSPS) is 12.7. The lowest BCUT2D eigenvalue weighted by molar-refractivity contribution is 0.591. The van der Waals surface area contributed by atoms with Gasteiger partial charge in [0.2, 0.25) is 0 Å². The van der Waals surface area contributed by atoms with Gasteiger partial charge in [-0.2, -0.15) is 0 Å². The zero-order valence-corrected chi connectivity index (χ0v) is 83.0. The number of pyridine rings is 3. The van der Waals surface area contributed by atoms with Gasteiger partial charge in [-0.05, 0) is 238 Å². The smallest absolute Gasteiger partial charge is 0.173 e. The van der Waals surface area contributed by atoms with Gasteiger partial charge in [0.05, 0.1) is 49.7 Å². The zero-order valence-electron chi connectivity index (χ0n) is 80.3. The molecule has 0 saturated heterocycles. The molecular weight excluding hydrogens is 1870 g/mol. The summed E-state index contributed by atoms with van der Waals surface area (Å²) in [6.07, 6.45) is 0. The lowest BCUT2D eigenvalue weighted by Crippen LogP contribution is -2.26. The van der Waals surface area contributed by atoms with Crippen LogP contribution in [0.25, 0.3) is 234 Å². The van der Waals surface area contributed by atoms with Crippen molar-refractivity contribution in [2.75, 3.05) is 0 Å². The first-order valence-electron chi connectivity index (χ1n) is 50.5. The van der Waals surface area contributed by atoms with Gasteiger partial charge in [-0.3, -0.25) is 13.2 Å². The van der Waals surface area contributed by atoms with Crippen molar-refractivity contribution in [3.05, 3.63) is 516 Å². The third-order valence-electron chi connectivity index (χ3n) is 31.3. The predicted molar refractivity (Wildman–Crippen MR) is 634 cm³/mol. The summed E-state index contributed by atoms with van der Waals surface area (Å²) in [4.78, 5) is 16.2. The molecule has 696 valence electrons. The van der Waals surface area contributed by atoms with Crippen molar-refractivity contribution >= 4 is 303 Å². The average molecular weight is 1960 g/mol. The molecule has 6 heterocycles. The molecule has 0 aliphatic carbocycles. The van der Waals surface area contributed by atoms with Crippen LogP contribution >= 0.6 is 21.4 Å². The Bertz CT molecular complexity index is 11400. The molecule has 149 heavy (non-hydrogen) atoms. The summed E-state index contributed by atoms with van der Waals surface area (Å²) in [6.45, 7) is 0. The van der Waals surface area contributed by atoms with Crippen molar-refractivity contribution in [2.24, 2.45) is 0 Å². The van der Waals surface area contributed by atoms with Crippen molar-refractivity contribution in [1.82, 2.24) is 28.2 Å². The highest BCUT2D eigenvalue weighted by atomic mass is 31.2. The SMILES string of the molecule is O=P(c1ccc2ccccc2c1)(c1ccc2ccccc2c1)c1cccc2nc3c4c5ccccc5ccc4c4cc5ccccc5cc4n3c12.O=P(c1ccc2nc3c4c5ccccc5ccc4c4cc5ccccc5cc4n3c2c1)(c1cccc2ccccc12)c1cccc2ccccc12.O=P(c1ccccc1)(c1ccc2ccccc2c1)c1ccc2c(c1)nc1c3c4ccccc4ccc3c3cc4ccccc4cc3n21. The van der Waals surface area contributed by atoms with Gasteiger partial charge in [-0.25, -0.2) is 15.0 Å². The number of fused-ring (bicyclic) bond motifs is 38. The van der Waals surface area contributed by atoms with E-state index in [0.717, 1.165) is 217 Å². The molecular formula is C137H85N6O3P3. The van der Waals surface area contributed by atoms with Gasteiger partial charge in [0.1, 0.15) is 16.9 Å². The Kier molecular flexibility index (Phi) is 19.5. The van der Waals surface area contributed by atoms with Crippen LogP contribution in [-0.2, 0) is 13.7 Å². The monoisotopic (exact) mass is 1950 g/mol. The van der Waals surface area contributed by atoms with Crippen molar-refractivity contribution in [2.45, 2.75) is 0 Å². The first kappa shape index (κ1) is 86.2. The lowest BCUT2D eigenvalue weighted by Gasteiger charge is -2.23. The second-order valence-corrected chi connectivity index (χ2v) is 47.5. The number of hydrogen-bond donors (Lipinski definition) is 0. The van der Waals surface area contributed by atoms with Crippen LogP contribution < -0.4 is 47.7 Å². The Hall–Kier alpha value is -18.3. The van der Waals surface area contributed by atoms with Crippen LogP contribution in [0.1, 0.15) is 0 Å². The van der Waals surface area contributed by atoms with E-state index in [9.17, 15) is 0 Å². The molecule has 26 aromatic carbocycles. The van der Waals surface area contributed by atoms with Crippen LogP contribution in [0.15, 0.2) is 516 Å². The summed E-state index contributed by atoms with van der Waals surface area (Å²) in [7, 11) is -10.2. The van der Waals surface area contributed by atoms with Gasteiger partial charge in [0.25, 0.3) is 0 Å². The number of rotatable bonds is 9. The first-order valence-corrected chi connectivity index (χ1v) is 55.7. The Morgan fingerprint density at radius 2 is 0.443 bits per heavy atom. The van der Waals surface area contributed by atoms with Gasteiger partial charge >= 0.3 is 0 Å². The lowest BCUT2D eigenvalue weighted by atomic mass is 9.98. The summed E-state index contributed by atoms with van der Waals surface area (Å²) >= 11 is 0. The Morgan fingerprint density at radius 3 is 0.886 bits per heavy atom. The number of benzene rings is 26. The van der Waals surface area contributed by atoms with E-state index in [4.69, 9.17) is 15.0 Å². The molecule has 0 N–H and O–H groups in total. The molecule has 0 amide bonds. The van der Waals surface area contributed by atoms with E-state index < -0.39 is 21.4 Å². The van der Waals surface area contributed by atoms with Gasteiger partial charge in [0.15, 0.2) is 21.4 Å². The fraction of sp³-hybridized carbons (Fsp3) is 0. The number of nitrogens with zero attached hydrogens (tertiary/aromatic N) is 6. The van der Waals surface area contributed by atoms with E-state index in [1.165, 1.54) is 64.6 Å². The third kappa shape index (κ3) is 13.3. The maximum absolute atomic E-state index is 16.6. The molecule has 32 aromatic rings. The summed E-state index contributed by atoms with van der Waals surface area (Å²) in [5, 5.41) is 42.5. The average Bonchev–Trinajstić information content (AvgIpc) is 1.57. The molecule has 0 saturated carbocycles. The maximum atomic E-state index is 16.6. The Morgan fingerprint density at radius 1 is 0.148 bits per heavy atom. The largest absolute Gasteiger partial charge is 0.309 e. The van der Waals surface area contributed by atoms with Crippen LogP contribution in [0.3, 0.4) is 0 Å². The molecule has 12 heteroatoms. The van der Waals surface area contributed by atoms with E-state index in [2.05, 4.69) is 414 Å². The predicted octanol–water partition coefficient (Wildman–Crippen LogP) is 32.0. The third-order valence-corrected chi connectivity index (χ3v) is 40.5. The van der Waals surface area contributed by atoms with Crippen molar-refractivity contribution in [3.63, 3.8) is 0 Å². The molecule has 9 nitrogen and oxygen atoms in total. The quantitative estimate of drug-likeness (QED) is 0.0810. The highest BCUT2D eigenvalue weighted by Gasteiger charge is 2.38. The van der Waals surface area contributed by atoms with Crippen molar-refractivity contribution < 1.29 is 13.7 Å². The molecule has 32 rings (SSSR count). The Balaban J connectivity index is 0.000000103. The van der Waals surface area contributed by atoms with E-state index in [1.807, 2.05) is 115 Å². The van der Waals surface area contributed by atoms with Crippen LogP contribution in [0.5, 0.6) is 0 Å². The van der Waals surface area contributed by atoms with Gasteiger partial charge in [-0.1, -0.05) is 413 Å². The molecule has 0 radical (unpaired) electrons. The van der Waals surface area contributed by atoms with Crippen LogP contribution in [0.4, 0.5) is 0 Å².